The van der Waals surface area contributed by atoms with E-state index in [4.69, 9.17) is 0 Å². The number of aliphatic hydroxyl groups excluding tert-OH is 1. The van der Waals surface area contributed by atoms with Crippen molar-refractivity contribution in [2.45, 2.75) is 32.0 Å². The van der Waals surface area contributed by atoms with E-state index in [1.807, 2.05) is 44.1 Å². The first-order valence-corrected chi connectivity index (χ1v) is 8.33. The van der Waals surface area contributed by atoms with E-state index in [0.29, 0.717) is 17.5 Å². The Hall–Kier alpha value is -2.24. The van der Waals surface area contributed by atoms with Gasteiger partial charge in [-0.25, -0.2) is 4.39 Å². The molecule has 0 aliphatic carbocycles. The minimum Gasteiger partial charge on any atom is -0.388 e. The van der Waals surface area contributed by atoms with Gasteiger partial charge in [-0.2, -0.15) is 0 Å². The molecule has 2 N–H and O–H groups in total. The first-order chi connectivity index (χ1) is 11.8. The molecular formula is C20H25FN2O2. The molecule has 134 valence electrons. The highest BCUT2D eigenvalue weighted by molar-refractivity contribution is 5.94. The molecular weight excluding hydrogens is 319 g/mol. The van der Waals surface area contributed by atoms with Crippen LogP contribution in [-0.2, 0) is 6.54 Å². The summed E-state index contributed by atoms with van der Waals surface area (Å²) in [4.78, 5) is 14.4. The number of amides is 1. The number of carbonyl (C=O) groups excluding carboxylic acids is 1. The van der Waals surface area contributed by atoms with Crippen LogP contribution in [0.15, 0.2) is 48.5 Å². The maximum atomic E-state index is 12.9. The van der Waals surface area contributed by atoms with Gasteiger partial charge in [0, 0.05) is 18.2 Å². The lowest BCUT2D eigenvalue weighted by atomic mass is 10.0. The maximum Gasteiger partial charge on any atom is 0.251 e. The second kappa shape index (κ2) is 8.74. The molecule has 5 heteroatoms. The third kappa shape index (κ3) is 5.96. The van der Waals surface area contributed by atoms with Gasteiger partial charge in [0.25, 0.3) is 5.91 Å². The largest absolute Gasteiger partial charge is 0.388 e. The van der Waals surface area contributed by atoms with Crippen LogP contribution in [0.1, 0.15) is 40.9 Å². The fourth-order valence-electron chi connectivity index (χ4n) is 2.70. The van der Waals surface area contributed by atoms with Crippen molar-refractivity contribution >= 4 is 5.91 Å². The van der Waals surface area contributed by atoms with Crippen LogP contribution in [-0.4, -0.2) is 36.1 Å². The Morgan fingerprint density at radius 1 is 1.20 bits per heavy atom. The highest BCUT2D eigenvalue weighted by Gasteiger charge is 2.15. The molecule has 4 nitrogen and oxygen atoms in total. The van der Waals surface area contributed by atoms with Crippen LogP contribution in [0, 0.1) is 5.82 Å². The standard InChI is InChI=1S/C20H25FN2O2/c1-14(11-19(24)16-7-9-18(21)10-8-16)22-20(25)17-6-4-5-15(12-17)13-23(2)3/h4-10,12,14,19,24H,11,13H2,1-3H3,(H,22,25). The summed E-state index contributed by atoms with van der Waals surface area (Å²) in [6, 6.07) is 13.0. The van der Waals surface area contributed by atoms with Gasteiger partial charge in [-0.15, -0.1) is 0 Å². The van der Waals surface area contributed by atoms with Gasteiger partial charge in [0.05, 0.1) is 6.10 Å². The Labute approximate surface area is 148 Å². The van der Waals surface area contributed by atoms with Crippen molar-refractivity contribution in [2.75, 3.05) is 14.1 Å². The fraction of sp³-hybridized carbons (Fsp3) is 0.350. The molecule has 2 atom stereocenters. The Kier molecular flexibility index (Phi) is 6.67. The molecule has 0 bridgehead atoms. The van der Waals surface area contributed by atoms with Crippen LogP contribution in [0.2, 0.25) is 0 Å². The normalized spacial score (nSPS) is 13.5. The van der Waals surface area contributed by atoms with Crippen LogP contribution in [0.25, 0.3) is 0 Å². The smallest absolute Gasteiger partial charge is 0.251 e. The molecule has 2 rings (SSSR count). The summed E-state index contributed by atoms with van der Waals surface area (Å²) in [7, 11) is 3.96. The zero-order chi connectivity index (χ0) is 18.4. The number of aliphatic hydroxyl groups is 1. The molecule has 0 saturated carbocycles. The molecule has 2 aromatic carbocycles. The van der Waals surface area contributed by atoms with E-state index in [1.165, 1.54) is 12.1 Å². The minimum absolute atomic E-state index is 0.167. The first-order valence-electron chi connectivity index (χ1n) is 8.33. The second-order valence-corrected chi connectivity index (χ2v) is 6.62. The lowest BCUT2D eigenvalue weighted by Crippen LogP contribution is -2.33. The van der Waals surface area contributed by atoms with Gasteiger partial charge in [-0.1, -0.05) is 24.3 Å². The van der Waals surface area contributed by atoms with E-state index in [2.05, 4.69) is 5.32 Å². The molecule has 0 saturated heterocycles. The van der Waals surface area contributed by atoms with Crippen LogP contribution < -0.4 is 5.32 Å². The van der Waals surface area contributed by atoms with Gasteiger partial charge >= 0.3 is 0 Å². The molecule has 0 radical (unpaired) electrons. The number of benzene rings is 2. The van der Waals surface area contributed by atoms with Crippen LogP contribution in [0.3, 0.4) is 0 Å². The number of halogens is 1. The summed E-state index contributed by atoms with van der Waals surface area (Å²) in [5.41, 5.74) is 2.30. The van der Waals surface area contributed by atoms with Gasteiger partial charge in [0.1, 0.15) is 5.82 Å². The molecule has 25 heavy (non-hydrogen) atoms. The molecule has 0 spiro atoms. The maximum absolute atomic E-state index is 12.9. The van der Waals surface area contributed by atoms with Gasteiger partial charge in [-0.3, -0.25) is 4.79 Å². The molecule has 0 aliphatic heterocycles. The number of nitrogens with zero attached hydrogens (tertiary/aromatic N) is 1. The third-order valence-corrected chi connectivity index (χ3v) is 3.90. The van der Waals surface area contributed by atoms with Crippen LogP contribution >= 0.6 is 0 Å². The topological polar surface area (TPSA) is 52.6 Å². The lowest BCUT2D eigenvalue weighted by molar-refractivity contribution is 0.0917. The van der Waals surface area contributed by atoms with Gasteiger partial charge in [0.15, 0.2) is 0 Å². The van der Waals surface area contributed by atoms with Crippen molar-refractivity contribution in [3.05, 3.63) is 71.0 Å². The summed E-state index contributed by atoms with van der Waals surface area (Å²) < 4.78 is 12.9. The Bertz CT molecular complexity index is 701. The number of carbonyl (C=O) groups is 1. The zero-order valence-corrected chi connectivity index (χ0v) is 14.9. The van der Waals surface area contributed by atoms with Crippen molar-refractivity contribution in [1.82, 2.24) is 10.2 Å². The summed E-state index contributed by atoms with van der Waals surface area (Å²) in [6.45, 7) is 2.61. The predicted octanol–water partition coefficient (Wildman–Crippen LogP) is 3.13. The zero-order valence-electron chi connectivity index (χ0n) is 14.9. The molecule has 0 heterocycles. The molecule has 0 aromatic heterocycles. The van der Waals surface area contributed by atoms with Gasteiger partial charge in [0.2, 0.25) is 0 Å². The summed E-state index contributed by atoms with van der Waals surface area (Å²) in [5, 5.41) is 13.1. The predicted molar refractivity (Wildman–Crippen MR) is 96.7 cm³/mol. The average Bonchev–Trinajstić information content (AvgIpc) is 2.54. The van der Waals surface area contributed by atoms with Crippen molar-refractivity contribution < 1.29 is 14.3 Å². The first kappa shape index (κ1) is 19.1. The van der Waals surface area contributed by atoms with E-state index in [9.17, 15) is 14.3 Å². The molecule has 2 unspecified atom stereocenters. The van der Waals surface area contributed by atoms with E-state index in [1.54, 1.807) is 18.2 Å². The van der Waals surface area contributed by atoms with E-state index in [-0.39, 0.29) is 17.8 Å². The summed E-state index contributed by atoms with van der Waals surface area (Å²) in [5.74, 6) is -0.505. The minimum atomic E-state index is -0.754. The number of rotatable bonds is 7. The Morgan fingerprint density at radius 2 is 1.88 bits per heavy atom. The highest BCUT2D eigenvalue weighted by atomic mass is 19.1. The molecule has 1 amide bonds. The highest BCUT2D eigenvalue weighted by Crippen LogP contribution is 2.19. The van der Waals surface area contributed by atoms with Crippen molar-refractivity contribution in [2.24, 2.45) is 0 Å². The number of nitrogens with one attached hydrogen (secondary N) is 1. The molecule has 2 aromatic rings. The van der Waals surface area contributed by atoms with Crippen molar-refractivity contribution in [3.8, 4) is 0 Å². The van der Waals surface area contributed by atoms with E-state index in [0.717, 1.165) is 12.1 Å². The quantitative estimate of drug-likeness (QED) is 0.811. The van der Waals surface area contributed by atoms with Crippen molar-refractivity contribution in [3.63, 3.8) is 0 Å². The Morgan fingerprint density at radius 3 is 2.52 bits per heavy atom. The van der Waals surface area contributed by atoms with Crippen LogP contribution in [0.4, 0.5) is 4.39 Å². The number of hydrogen-bond acceptors (Lipinski definition) is 3. The van der Waals surface area contributed by atoms with Crippen molar-refractivity contribution in [1.29, 1.82) is 0 Å². The monoisotopic (exact) mass is 344 g/mol. The fourth-order valence-corrected chi connectivity index (χ4v) is 2.70. The summed E-state index contributed by atoms with van der Waals surface area (Å²) in [6.07, 6.45) is -0.398. The molecule has 0 fully saturated rings. The summed E-state index contributed by atoms with van der Waals surface area (Å²) >= 11 is 0. The van der Waals surface area contributed by atoms with Gasteiger partial charge in [-0.05, 0) is 62.8 Å². The van der Waals surface area contributed by atoms with E-state index >= 15 is 0 Å². The molecule has 0 aliphatic rings. The van der Waals surface area contributed by atoms with Gasteiger partial charge < -0.3 is 15.3 Å². The van der Waals surface area contributed by atoms with E-state index < -0.39 is 6.10 Å². The SMILES string of the molecule is CC(CC(O)c1ccc(F)cc1)NC(=O)c1cccc(CN(C)C)c1. The Balaban J connectivity index is 1.94. The second-order valence-electron chi connectivity index (χ2n) is 6.62. The average molecular weight is 344 g/mol. The number of hydrogen-bond donors (Lipinski definition) is 2. The lowest BCUT2D eigenvalue weighted by Gasteiger charge is -2.18. The van der Waals surface area contributed by atoms with Crippen LogP contribution in [0.5, 0.6) is 0 Å². The third-order valence-electron chi connectivity index (χ3n) is 3.90.